The first kappa shape index (κ1) is 57.8. The molecule has 0 spiro atoms. The van der Waals surface area contributed by atoms with Crippen LogP contribution in [0, 0.1) is 13.8 Å². The minimum Gasteiger partial charge on any atom is -0.311 e. The molecule has 0 bridgehead atoms. The highest BCUT2D eigenvalue weighted by Crippen LogP contribution is 2.60. The summed E-state index contributed by atoms with van der Waals surface area (Å²) in [4.78, 5) is 5.56. The molecule has 0 atom stereocenters. The normalized spacial score (nSPS) is 20.6. The van der Waals surface area contributed by atoms with Gasteiger partial charge in [0.1, 0.15) is 0 Å². The van der Waals surface area contributed by atoms with Crippen molar-refractivity contribution in [2.24, 2.45) is 0 Å². The standard InChI is InChI=1S/C87H93BN2/c1-50-27-21-22-28-54(50)52-40-76-78-77(41-52)90(73-48-67-64(39-51(73)2)79(3,4)35-38-82(67,9)10)74-44-56-55-43-65-66(81(7,8)37-36-80(65,5)6)45-62(55)87(19,20)63(56)46-71(74)88(78)72-47-69-70(86(17,18)60-32-26-25-31-59(60)85(69,15)16)49-75(72)89(76)53-33-34-61-68(42-53)84(13,14)58-30-24-23-29-57(58)83(61,11)12/h21-34,39-49H,35-38H2,1-20H3. The SMILES string of the molecule is Cc1ccccc1-c1cc2c3c(c1)N(c1cc4c(cc1C)C(C)(C)CCC4(C)C)c1cc4c(cc1B3c1cc3c(cc1N2c1ccc2c(c1)C(C)(C)c1ccccc1C2(C)C)C(C)(C)c1ccccc1C3(C)C)C(C)(C)c1cc2c(cc1-4)C(C)(C)CCC2(C)C. The van der Waals surface area contributed by atoms with Crippen molar-refractivity contribution in [3.8, 4) is 22.3 Å². The summed E-state index contributed by atoms with van der Waals surface area (Å²) in [5.41, 5.74) is 39.0. The zero-order valence-electron chi connectivity index (χ0n) is 57.7. The maximum atomic E-state index is 2.80. The van der Waals surface area contributed by atoms with Crippen LogP contribution in [0.15, 0.2) is 152 Å². The van der Waals surface area contributed by atoms with Crippen LogP contribution in [0.3, 0.4) is 0 Å². The van der Waals surface area contributed by atoms with Gasteiger partial charge in [0.05, 0.1) is 0 Å². The molecule has 0 aromatic heterocycles. The number of hydrogen-bond acceptors (Lipinski definition) is 2. The molecule has 9 aromatic rings. The summed E-state index contributed by atoms with van der Waals surface area (Å²) in [7, 11) is 0. The van der Waals surface area contributed by atoms with Crippen molar-refractivity contribution in [2.75, 3.05) is 9.80 Å². The van der Waals surface area contributed by atoms with Crippen molar-refractivity contribution < 1.29 is 0 Å². The van der Waals surface area contributed by atoms with Gasteiger partial charge in [-0.1, -0.05) is 228 Å². The van der Waals surface area contributed by atoms with Crippen LogP contribution in [0.2, 0.25) is 0 Å². The molecule has 3 heteroatoms. The average molecular weight is 1180 g/mol. The minimum absolute atomic E-state index is 0.000782. The van der Waals surface area contributed by atoms with Crippen LogP contribution in [-0.2, 0) is 48.7 Å². The Balaban J connectivity index is 1.07. The molecule has 16 rings (SSSR count). The van der Waals surface area contributed by atoms with Gasteiger partial charge in [-0.3, -0.25) is 0 Å². The Morgan fingerprint density at radius 2 is 0.667 bits per heavy atom. The Hall–Kier alpha value is -7.36. The van der Waals surface area contributed by atoms with Gasteiger partial charge in [0.2, 0.25) is 0 Å². The molecule has 0 fully saturated rings. The molecule has 0 N–H and O–H groups in total. The van der Waals surface area contributed by atoms with Gasteiger partial charge in [-0.15, -0.1) is 0 Å². The van der Waals surface area contributed by atoms with Gasteiger partial charge in [0.15, 0.2) is 0 Å². The van der Waals surface area contributed by atoms with Crippen molar-refractivity contribution in [1.82, 2.24) is 0 Å². The second-order valence-electron chi connectivity index (χ2n) is 34.4. The van der Waals surface area contributed by atoms with Crippen LogP contribution in [0.4, 0.5) is 34.1 Å². The number of nitrogens with zero attached hydrogens (tertiary/aromatic N) is 2. The number of fused-ring (bicyclic) bond motifs is 13. The number of anilines is 6. The van der Waals surface area contributed by atoms with Crippen molar-refractivity contribution in [1.29, 1.82) is 0 Å². The van der Waals surface area contributed by atoms with Gasteiger partial charge in [0.25, 0.3) is 6.71 Å². The lowest BCUT2D eigenvalue weighted by Gasteiger charge is -2.49. The van der Waals surface area contributed by atoms with Gasteiger partial charge < -0.3 is 9.80 Å². The van der Waals surface area contributed by atoms with E-state index in [1.54, 1.807) is 0 Å². The molecular weight excluding hydrogens is 1080 g/mol. The quantitative estimate of drug-likeness (QED) is 0.163. The Bertz CT molecular complexity index is 4680. The molecule has 2 aliphatic heterocycles. The average Bonchev–Trinajstić information content (AvgIpc) is 0.966. The number of benzene rings is 9. The largest absolute Gasteiger partial charge is 0.311 e. The van der Waals surface area contributed by atoms with Crippen molar-refractivity contribution >= 4 is 57.2 Å². The first-order valence-electron chi connectivity index (χ1n) is 34.1. The van der Waals surface area contributed by atoms with Crippen molar-refractivity contribution in [3.05, 3.63) is 241 Å². The summed E-state index contributed by atoms with van der Waals surface area (Å²) < 4.78 is 0. The lowest BCUT2D eigenvalue weighted by Crippen LogP contribution is -2.62. The first-order chi connectivity index (χ1) is 42.2. The van der Waals surface area contributed by atoms with Crippen LogP contribution in [0.25, 0.3) is 22.3 Å². The number of rotatable bonds is 3. The molecule has 0 radical (unpaired) electrons. The van der Waals surface area contributed by atoms with Crippen LogP contribution in [-0.4, -0.2) is 6.71 Å². The van der Waals surface area contributed by atoms with Gasteiger partial charge in [-0.2, -0.15) is 0 Å². The smallest absolute Gasteiger partial charge is 0.252 e. The highest BCUT2D eigenvalue weighted by molar-refractivity contribution is 7.00. The van der Waals surface area contributed by atoms with Crippen LogP contribution in [0.1, 0.15) is 239 Å². The zero-order valence-corrected chi connectivity index (χ0v) is 57.7. The zero-order chi connectivity index (χ0) is 63.5. The fourth-order valence-corrected chi connectivity index (χ4v) is 19.4. The Morgan fingerprint density at radius 3 is 1.22 bits per heavy atom. The summed E-state index contributed by atoms with van der Waals surface area (Å²) in [6, 6.07) is 62.2. The van der Waals surface area contributed by atoms with E-state index in [4.69, 9.17) is 0 Å². The summed E-state index contributed by atoms with van der Waals surface area (Å²) in [5.74, 6) is 0. The van der Waals surface area contributed by atoms with E-state index in [1.807, 2.05) is 0 Å². The van der Waals surface area contributed by atoms with E-state index in [0.29, 0.717) is 0 Å². The fourth-order valence-electron chi connectivity index (χ4n) is 19.4. The fraction of sp³-hybridized carbons (Fsp3) is 0.379. The number of hydrogen-bond donors (Lipinski definition) is 0. The van der Waals surface area contributed by atoms with E-state index in [2.05, 4.69) is 300 Å². The lowest BCUT2D eigenvalue weighted by atomic mass is 9.32. The Labute approximate surface area is 539 Å². The van der Waals surface area contributed by atoms with E-state index in [0.717, 1.165) is 6.42 Å². The Kier molecular flexibility index (Phi) is 11.6. The lowest BCUT2D eigenvalue weighted by molar-refractivity contribution is 0.331. The molecule has 7 aliphatic rings. The molecule has 0 saturated heterocycles. The van der Waals surface area contributed by atoms with Gasteiger partial charge in [0, 0.05) is 61.2 Å². The minimum atomic E-state index is -0.269. The molecule has 90 heavy (non-hydrogen) atoms. The van der Waals surface area contributed by atoms with Gasteiger partial charge >= 0.3 is 0 Å². The van der Waals surface area contributed by atoms with E-state index in [9.17, 15) is 0 Å². The molecule has 2 heterocycles. The first-order valence-corrected chi connectivity index (χ1v) is 34.1. The molecule has 0 saturated carbocycles. The topological polar surface area (TPSA) is 6.48 Å². The van der Waals surface area contributed by atoms with Crippen molar-refractivity contribution in [2.45, 2.75) is 213 Å². The van der Waals surface area contributed by atoms with E-state index >= 15 is 0 Å². The third-order valence-corrected chi connectivity index (χ3v) is 25.3. The van der Waals surface area contributed by atoms with E-state index in [-0.39, 0.29) is 55.4 Å². The maximum Gasteiger partial charge on any atom is 0.252 e. The highest BCUT2D eigenvalue weighted by Gasteiger charge is 2.52. The van der Waals surface area contributed by atoms with Crippen LogP contribution < -0.4 is 26.2 Å². The molecule has 454 valence electrons. The third-order valence-electron chi connectivity index (χ3n) is 25.3. The van der Waals surface area contributed by atoms with Crippen molar-refractivity contribution in [3.63, 3.8) is 0 Å². The molecule has 5 aliphatic carbocycles. The van der Waals surface area contributed by atoms with Gasteiger partial charge in [-0.25, -0.2) is 0 Å². The molecule has 0 unspecified atom stereocenters. The predicted molar refractivity (Wildman–Crippen MR) is 385 cm³/mol. The molecule has 2 nitrogen and oxygen atoms in total. The summed E-state index contributed by atoms with van der Waals surface area (Å²) in [5, 5.41) is 0. The Morgan fingerprint density at radius 1 is 0.278 bits per heavy atom. The molecular formula is C87H93BN2. The predicted octanol–water partition coefficient (Wildman–Crippen LogP) is 21.0. The summed E-state index contributed by atoms with van der Waals surface area (Å²) in [6.07, 6.45) is 4.70. The van der Waals surface area contributed by atoms with Gasteiger partial charge in [-0.05, 0) is 237 Å². The second kappa shape index (κ2) is 18.0. The van der Waals surface area contributed by atoms with E-state index in [1.165, 1.54) is 181 Å². The summed E-state index contributed by atoms with van der Waals surface area (Å²) in [6.45, 7) is 49.5. The monoisotopic (exact) mass is 1180 g/mol. The van der Waals surface area contributed by atoms with E-state index < -0.39 is 0 Å². The van der Waals surface area contributed by atoms with Crippen LogP contribution in [0.5, 0.6) is 0 Å². The highest BCUT2D eigenvalue weighted by atomic mass is 15.2. The molecule has 0 amide bonds. The van der Waals surface area contributed by atoms with Crippen LogP contribution >= 0.6 is 0 Å². The summed E-state index contributed by atoms with van der Waals surface area (Å²) >= 11 is 0. The third kappa shape index (κ3) is 7.53. The second-order valence-corrected chi connectivity index (χ2v) is 34.4. The number of aryl methyl sites for hydroxylation is 2. The maximum absolute atomic E-state index is 2.80. The molecule has 9 aromatic carbocycles.